The number of allylic oxidation sites excluding steroid dienone is 5. The summed E-state index contributed by atoms with van der Waals surface area (Å²) in [5.41, 5.74) is -0.369. The van der Waals surface area contributed by atoms with E-state index in [1.165, 1.54) is 12.1 Å². The van der Waals surface area contributed by atoms with Gasteiger partial charge in [0.15, 0.2) is 17.4 Å². The zero-order valence-corrected chi connectivity index (χ0v) is 21.6. The summed E-state index contributed by atoms with van der Waals surface area (Å²) in [6, 6.07) is 12.7. The maximum absolute atomic E-state index is 15.9. The van der Waals surface area contributed by atoms with Crippen molar-refractivity contribution in [1.82, 2.24) is 0 Å². The van der Waals surface area contributed by atoms with Crippen molar-refractivity contribution in [3.8, 4) is 11.5 Å². The highest BCUT2D eigenvalue weighted by Crippen LogP contribution is 2.44. The molecule has 0 saturated heterocycles. The Morgan fingerprint density at radius 2 is 1.41 bits per heavy atom. The predicted molar refractivity (Wildman–Crippen MR) is 149 cm³/mol. The third kappa shape index (κ3) is 7.23. The summed E-state index contributed by atoms with van der Waals surface area (Å²) in [4.78, 5) is 0. The molecule has 0 radical (unpaired) electrons. The summed E-state index contributed by atoms with van der Waals surface area (Å²) in [7, 11) is 0. The minimum absolute atomic E-state index is 0.0718. The highest BCUT2D eigenvalue weighted by molar-refractivity contribution is 5.54. The molecule has 0 bridgehead atoms. The Morgan fingerprint density at radius 1 is 0.846 bits per heavy atom. The average Bonchev–Trinajstić information content (AvgIpc) is 2.93. The van der Waals surface area contributed by atoms with Gasteiger partial charge in [0.2, 0.25) is 0 Å². The summed E-state index contributed by atoms with van der Waals surface area (Å²) in [5, 5.41) is 0. The molecule has 3 aromatic carbocycles. The van der Waals surface area contributed by atoms with Crippen molar-refractivity contribution in [3.05, 3.63) is 143 Å². The maximum atomic E-state index is 15.9. The molecule has 0 atom stereocenters. The number of hydrogen-bond donors (Lipinski definition) is 0. The summed E-state index contributed by atoms with van der Waals surface area (Å²) in [6.45, 7) is 12.6. The van der Waals surface area contributed by atoms with E-state index in [1.807, 2.05) is 0 Å². The van der Waals surface area contributed by atoms with Crippen molar-refractivity contribution in [2.24, 2.45) is 0 Å². The highest BCUT2D eigenvalue weighted by Gasteiger charge is 2.41. The number of halogens is 5. The SMILES string of the molecule is C=CC/C=C\C(=C/C)Cc1c(F)c(Oc2ccc(C=C)cc2)c(F)c(Cc2ccc(C=C)cc2)c1C(F)(F)F. The Morgan fingerprint density at radius 3 is 1.92 bits per heavy atom. The number of benzene rings is 3. The molecule has 0 aromatic heterocycles. The van der Waals surface area contributed by atoms with Crippen LogP contribution in [0.4, 0.5) is 22.0 Å². The van der Waals surface area contributed by atoms with Crippen LogP contribution in [0.15, 0.2) is 98.1 Å². The molecule has 0 unspecified atom stereocenters. The van der Waals surface area contributed by atoms with Gasteiger partial charge in [-0.15, -0.1) is 6.58 Å². The fourth-order valence-electron chi connectivity index (χ4n) is 4.08. The minimum atomic E-state index is -5.03. The standard InChI is InChI=1S/C33H29F5O/c1-5-9-10-11-24(8-4)20-27-29(33(36,37)38)28(21-25-14-12-22(6-2)13-15-25)31(35)32(30(27)34)39-26-18-16-23(7-3)17-19-26/h5-8,10-19H,1-3,9,20-21H2,4H3/b11-10-,24-8+. The predicted octanol–water partition coefficient (Wildman–Crippen LogP) is 10.3. The van der Waals surface area contributed by atoms with Gasteiger partial charge in [-0.3, -0.25) is 0 Å². The highest BCUT2D eigenvalue weighted by atomic mass is 19.4. The lowest BCUT2D eigenvalue weighted by Gasteiger charge is -2.22. The van der Waals surface area contributed by atoms with E-state index >= 15 is 8.78 Å². The molecule has 1 nitrogen and oxygen atoms in total. The molecule has 3 rings (SSSR count). The largest absolute Gasteiger partial charge is 0.451 e. The molecule has 0 aliphatic rings. The van der Waals surface area contributed by atoms with Crippen LogP contribution in [0.2, 0.25) is 0 Å². The fraction of sp³-hybridized carbons (Fsp3) is 0.152. The lowest BCUT2D eigenvalue weighted by atomic mass is 9.90. The van der Waals surface area contributed by atoms with Gasteiger partial charge in [0.1, 0.15) is 5.75 Å². The topological polar surface area (TPSA) is 9.23 Å². The third-order valence-electron chi connectivity index (χ3n) is 6.13. The molecule has 202 valence electrons. The van der Waals surface area contributed by atoms with E-state index in [4.69, 9.17) is 4.74 Å². The van der Waals surface area contributed by atoms with Crippen LogP contribution in [0.25, 0.3) is 12.2 Å². The summed E-state index contributed by atoms with van der Waals surface area (Å²) in [5.74, 6) is -3.60. The van der Waals surface area contributed by atoms with Gasteiger partial charge in [-0.25, -0.2) is 8.78 Å². The molecule has 0 spiro atoms. The van der Waals surface area contributed by atoms with Crippen LogP contribution in [-0.2, 0) is 19.0 Å². The van der Waals surface area contributed by atoms with Gasteiger partial charge in [0.05, 0.1) is 5.56 Å². The Labute approximate surface area is 226 Å². The molecule has 0 N–H and O–H groups in total. The van der Waals surface area contributed by atoms with Crippen molar-refractivity contribution in [3.63, 3.8) is 0 Å². The van der Waals surface area contributed by atoms with Gasteiger partial charge in [0.25, 0.3) is 0 Å². The molecular weight excluding hydrogens is 507 g/mol. The smallest absolute Gasteiger partial charge is 0.417 e. The van der Waals surface area contributed by atoms with Gasteiger partial charge in [-0.1, -0.05) is 86.0 Å². The Kier molecular flexibility index (Phi) is 9.83. The van der Waals surface area contributed by atoms with Crippen LogP contribution < -0.4 is 4.74 Å². The van der Waals surface area contributed by atoms with Crippen molar-refractivity contribution in [2.75, 3.05) is 0 Å². The van der Waals surface area contributed by atoms with E-state index in [9.17, 15) is 13.2 Å². The average molecular weight is 537 g/mol. The van der Waals surface area contributed by atoms with Gasteiger partial charge in [0, 0.05) is 24.0 Å². The number of hydrogen-bond acceptors (Lipinski definition) is 1. The van der Waals surface area contributed by atoms with Crippen LogP contribution >= 0.6 is 0 Å². The summed E-state index contributed by atoms with van der Waals surface area (Å²) in [6.07, 6.45) is 4.31. The first-order valence-electron chi connectivity index (χ1n) is 12.3. The van der Waals surface area contributed by atoms with Crippen molar-refractivity contribution >= 4 is 12.2 Å². The Bertz CT molecular complexity index is 1390. The monoisotopic (exact) mass is 536 g/mol. The maximum Gasteiger partial charge on any atom is 0.417 e. The second-order valence-corrected chi connectivity index (χ2v) is 8.75. The zero-order valence-electron chi connectivity index (χ0n) is 21.6. The fourth-order valence-corrected chi connectivity index (χ4v) is 4.08. The van der Waals surface area contributed by atoms with Crippen LogP contribution in [0.5, 0.6) is 11.5 Å². The first-order chi connectivity index (χ1) is 18.6. The van der Waals surface area contributed by atoms with Gasteiger partial charge in [-0.2, -0.15) is 13.2 Å². The van der Waals surface area contributed by atoms with Crippen LogP contribution in [0.3, 0.4) is 0 Å². The molecule has 0 fully saturated rings. The van der Waals surface area contributed by atoms with E-state index in [0.717, 1.165) is 11.1 Å². The molecular formula is C33H29F5O. The first-order valence-corrected chi connectivity index (χ1v) is 12.3. The Balaban J connectivity index is 2.26. The van der Waals surface area contributed by atoms with Crippen molar-refractivity contribution < 1.29 is 26.7 Å². The Hall–Kier alpha value is -4.19. The van der Waals surface area contributed by atoms with Crippen LogP contribution in [-0.4, -0.2) is 0 Å². The quantitative estimate of drug-likeness (QED) is 0.135. The second-order valence-electron chi connectivity index (χ2n) is 8.75. The van der Waals surface area contributed by atoms with Crippen LogP contribution in [0.1, 0.15) is 46.7 Å². The van der Waals surface area contributed by atoms with Gasteiger partial charge >= 0.3 is 6.18 Å². The number of rotatable bonds is 11. The lowest BCUT2D eigenvalue weighted by Crippen LogP contribution is -2.18. The molecule has 6 heteroatoms. The van der Waals surface area contributed by atoms with Crippen molar-refractivity contribution in [2.45, 2.75) is 32.4 Å². The number of alkyl halides is 3. The third-order valence-corrected chi connectivity index (χ3v) is 6.13. The van der Waals surface area contributed by atoms with Gasteiger partial charge in [-0.05, 0) is 47.7 Å². The second kappa shape index (κ2) is 13.1. The van der Waals surface area contributed by atoms with Crippen LogP contribution in [0, 0.1) is 11.6 Å². The van der Waals surface area contributed by atoms with Gasteiger partial charge < -0.3 is 4.74 Å². The van der Waals surface area contributed by atoms with E-state index < -0.39 is 53.1 Å². The van der Waals surface area contributed by atoms with Crippen molar-refractivity contribution in [1.29, 1.82) is 0 Å². The summed E-state index contributed by atoms with van der Waals surface area (Å²) < 4.78 is 81.0. The lowest BCUT2D eigenvalue weighted by molar-refractivity contribution is -0.139. The number of ether oxygens (including phenoxy) is 1. The molecule has 39 heavy (non-hydrogen) atoms. The van der Waals surface area contributed by atoms with E-state index in [0.29, 0.717) is 17.6 Å². The molecule has 0 amide bonds. The molecule has 3 aromatic rings. The molecule has 0 aliphatic carbocycles. The van der Waals surface area contributed by atoms with E-state index in [2.05, 4.69) is 19.7 Å². The normalized spacial score (nSPS) is 12.0. The first kappa shape index (κ1) is 29.4. The minimum Gasteiger partial charge on any atom is -0.451 e. The molecule has 0 aliphatic heterocycles. The molecule has 0 saturated carbocycles. The van der Waals surface area contributed by atoms with E-state index in [1.54, 1.807) is 79.8 Å². The zero-order chi connectivity index (χ0) is 28.6. The summed E-state index contributed by atoms with van der Waals surface area (Å²) >= 11 is 0. The van der Waals surface area contributed by atoms with E-state index in [-0.39, 0.29) is 5.75 Å². The molecule has 0 heterocycles.